The van der Waals surface area contributed by atoms with Crippen LogP contribution >= 0.6 is 0 Å². The minimum absolute atomic E-state index is 0.0324. The van der Waals surface area contributed by atoms with E-state index in [1.165, 1.54) is 6.08 Å². The lowest BCUT2D eigenvalue weighted by molar-refractivity contribution is -0.142. The predicted octanol–water partition coefficient (Wildman–Crippen LogP) is 3.68. The normalized spacial score (nSPS) is 15.7. The SMILES string of the molecule is CC=CC=CC(=O)OCC(C)OCC(C)OCC(C)OCCCC. The lowest BCUT2D eigenvalue weighted by Crippen LogP contribution is -2.27. The van der Waals surface area contributed by atoms with Gasteiger partial charge in [-0.15, -0.1) is 0 Å². The fourth-order valence-corrected chi connectivity index (χ4v) is 1.67. The minimum Gasteiger partial charge on any atom is -0.460 e. The van der Waals surface area contributed by atoms with Crippen LogP contribution in [0.3, 0.4) is 0 Å². The molecule has 5 heteroatoms. The van der Waals surface area contributed by atoms with Gasteiger partial charge in [0.15, 0.2) is 0 Å². The zero-order valence-electron chi connectivity index (χ0n) is 15.8. The number of carbonyl (C=O) groups excluding carboxylic acids is 1. The molecule has 24 heavy (non-hydrogen) atoms. The number of rotatable bonds is 14. The molecule has 0 fully saturated rings. The Hall–Kier alpha value is -1.17. The van der Waals surface area contributed by atoms with Crippen LogP contribution in [0.2, 0.25) is 0 Å². The standard InChI is InChI=1S/C19H34O5/c1-6-8-10-11-19(20)24-15-18(5)23-14-17(4)22-13-16(3)21-12-9-7-2/h6,8,10-11,16-18H,7,9,12-15H2,1-5H3. The number of ether oxygens (including phenoxy) is 4. The average molecular weight is 342 g/mol. The summed E-state index contributed by atoms with van der Waals surface area (Å²) in [6.45, 7) is 11.9. The van der Waals surface area contributed by atoms with Crippen LogP contribution in [-0.2, 0) is 23.7 Å². The molecular weight excluding hydrogens is 308 g/mol. The van der Waals surface area contributed by atoms with Crippen LogP contribution < -0.4 is 0 Å². The highest BCUT2D eigenvalue weighted by atomic mass is 16.6. The fourth-order valence-electron chi connectivity index (χ4n) is 1.67. The zero-order chi connectivity index (χ0) is 18.2. The molecule has 0 aliphatic heterocycles. The van der Waals surface area contributed by atoms with Gasteiger partial charge in [-0.3, -0.25) is 0 Å². The van der Waals surface area contributed by atoms with Gasteiger partial charge in [0.1, 0.15) is 6.61 Å². The van der Waals surface area contributed by atoms with E-state index in [9.17, 15) is 4.79 Å². The van der Waals surface area contributed by atoms with E-state index in [4.69, 9.17) is 18.9 Å². The van der Waals surface area contributed by atoms with Gasteiger partial charge in [-0.05, 0) is 34.1 Å². The van der Waals surface area contributed by atoms with E-state index < -0.39 is 0 Å². The van der Waals surface area contributed by atoms with E-state index in [-0.39, 0.29) is 30.9 Å². The third kappa shape index (κ3) is 14.4. The second kappa shape index (κ2) is 15.4. The van der Waals surface area contributed by atoms with Crippen LogP contribution in [0.5, 0.6) is 0 Å². The van der Waals surface area contributed by atoms with E-state index in [0.717, 1.165) is 19.4 Å². The molecule has 0 aromatic rings. The van der Waals surface area contributed by atoms with Gasteiger partial charge in [0.2, 0.25) is 0 Å². The summed E-state index contributed by atoms with van der Waals surface area (Å²) in [6, 6.07) is 0. The summed E-state index contributed by atoms with van der Waals surface area (Å²) >= 11 is 0. The third-order valence-electron chi connectivity index (χ3n) is 3.13. The van der Waals surface area contributed by atoms with E-state index in [1.807, 2.05) is 33.8 Å². The molecule has 0 saturated carbocycles. The molecule has 0 amide bonds. The first-order chi connectivity index (χ1) is 11.5. The first-order valence-electron chi connectivity index (χ1n) is 8.80. The Labute approximate surface area is 147 Å². The van der Waals surface area contributed by atoms with Crippen molar-refractivity contribution in [1.82, 2.24) is 0 Å². The molecule has 3 atom stereocenters. The Morgan fingerprint density at radius 3 is 2.08 bits per heavy atom. The van der Waals surface area contributed by atoms with Gasteiger partial charge in [0, 0.05) is 12.7 Å². The van der Waals surface area contributed by atoms with Gasteiger partial charge in [-0.2, -0.15) is 0 Å². The first-order valence-corrected chi connectivity index (χ1v) is 8.80. The maximum atomic E-state index is 11.4. The van der Waals surface area contributed by atoms with Crippen molar-refractivity contribution in [3.8, 4) is 0 Å². The molecule has 0 saturated heterocycles. The molecule has 0 aliphatic rings. The van der Waals surface area contributed by atoms with Crippen molar-refractivity contribution < 1.29 is 23.7 Å². The van der Waals surface area contributed by atoms with Crippen molar-refractivity contribution in [3.05, 3.63) is 24.3 Å². The summed E-state index contributed by atoms with van der Waals surface area (Å²) in [7, 11) is 0. The molecule has 5 nitrogen and oxygen atoms in total. The van der Waals surface area contributed by atoms with Gasteiger partial charge < -0.3 is 18.9 Å². The van der Waals surface area contributed by atoms with E-state index in [2.05, 4.69) is 6.92 Å². The van der Waals surface area contributed by atoms with Crippen LogP contribution in [0.4, 0.5) is 0 Å². The number of unbranched alkanes of at least 4 members (excludes halogenated alkanes) is 1. The highest BCUT2D eigenvalue weighted by Crippen LogP contribution is 2.02. The van der Waals surface area contributed by atoms with Crippen molar-refractivity contribution >= 4 is 5.97 Å². The molecule has 0 aromatic heterocycles. The molecule has 0 bridgehead atoms. The lowest BCUT2D eigenvalue weighted by atomic mass is 10.3. The Balaban J connectivity index is 3.73. The smallest absolute Gasteiger partial charge is 0.330 e. The van der Waals surface area contributed by atoms with Crippen molar-refractivity contribution in [3.63, 3.8) is 0 Å². The van der Waals surface area contributed by atoms with Gasteiger partial charge in [0.25, 0.3) is 0 Å². The molecule has 0 aliphatic carbocycles. The molecular formula is C19H34O5. The van der Waals surface area contributed by atoms with Crippen molar-refractivity contribution in [2.24, 2.45) is 0 Å². The lowest BCUT2D eigenvalue weighted by Gasteiger charge is -2.19. The Kier molecular flexibility index (Phi) is 14.6. The van der Waals surface area contributed by atoms with E-state index >= 15 is 0 Å². The summed E-state index contributed by atoms with van der Waals surface area (Å²) in [4.78, 5) is 11.4. The van der Waals surface area contributed by atoms with Gasteiger partial charge in [0.05, 0.1) is 31.5 Å². The van der Waals surface area contributed by atoms with Crippen LogP contribution in [-0.4, -0.2) is 50.7 Å². The van der Waals surface area contributed by atoms with Gasteiger partial charge in [-0.1, -0.05) is 31.6 Å². The highest BCUT2D eigenvalue weighted by Gasteiger charge is 2.10. The van der Waals surface area contributed by atoms with Crippen LogP contribution in [0.25, 0.3) is 0 Å². The molecule has 140 valence electrons. The second-order valence-corrected chi connectivity index (χ2v) is 5.84. The van der Waals surface area contributed by atoms with Gasteiger partial charge in [-0.25, -0.2) is 4.79 Å². The van der Waals surface area contributed by atoms with Crippen LogP contribution in [0.15, 0.2) is 24.3 Å². The van der Waals surface area contributed by atoms with Gasteiger partial charge >= 0.3 is 5.97 Å². The Bertz CT molecular complexity index is 365. The Morgan fingerprint density at radius 1 is 0.917 bits per heavy atom. The Morgan fingerprint density at radius 2 is 1.50 bits per heavy atom. The fraction of sp³-hybridized carbons (Fsp3) is 0.737. The molecule has 0 heterocycles. The maximum absolute atomic E-state index is 11.4. The number of allylic oxidation sites excluding steroid dienone is 3. The maximum Gasteiger partial charge on any atom is 0.330 e. The largest absolute Gasteiger partial charge is 0.460 e. The summed E-state index contributed by atoms with van der Waals surface area (Å²) in [5.41, 5.74) is 0. The third-order valence-corrected chi connectivity index (χ3v) is 3.13. The van der Waals surface area contributed by atoms with E-state index in [0.29, 0.717) is 13.2 Å². The van der Waals surface area contributed by atoms with Crippen molar-refractivity contribution in [2.45, 2.75) is 65.8 Å². The molecule has 0 rings (SSSR count). The molecule has 0 N–H and O–H groups in total. The quantitative estimate of drug-likeness (QED) is 0.209. The van der Waals surface area contributed by atoms with Crippen molar-refractivity contribution in [1.29, 1.82) is 0 Å². The summed E-state index contributed by atoms with van der Waals surface area (Å²) < 4.78 is 22.0. The number of hydrogen-bond donors (Lipinski definition) is 0. The summed E-state index contributed by atoms with van der Waals surface area (Å²) in [6.07, 6.45) is 8.73. The molecule has 0 aromatic carbocycles. The second-order valence-electron chi connectivity index (χ2n) is 5.84. The zero-order valence-corrected chi connectivity index (χ0v) is 15.8. The first kappa shape index (κ1) is 22.8. The van der Waals surface area contributed by atoms with Crippen molar-refractivity contribution in [2.75, 3.05) is 26.4 Å². The average Bonchev–Trinajstić information content (AvgIpc) is 2.56. The summed E-state index contributed by atoms with van der Waals surface area (Å²) in [5.74, 6) is -0.370. The van der Waals surface area contributed by atoms with Crippen LogP contribution in [0.1, 0.15) is 47.5 Å². The molecule has 3 unspecified atom stereocenters. The monoisotopic (exact) mass is 342 g/mol. The predicted molar refractivity (Wildman–Crippen MR) is 96.1 cm³/mol. The topological polar surface area (TPSA) is 54.0 Å². The molecule has 0 radical (unpaired) electrons. The van der Waals surface area contributed by atoms with E-state index in [1.54, 1.807) is 12.2 Å². The summed E-state index contributed by atoms with van der Waals surface area (Å²) in [5, 5.41) is 0. The number of esters is 1. The van der Waals surface area contributed by atoms with Crippen LogP contribution in [0, 0.1) is 0 Å². The minimum atomic E-state index is -0.370. The highest BCUT2D eigenvalue weighted by molar-refractivity contribution is 5.82. The molecule has 0 spiro atoms. The number of carbonyl (C=O) groups is 1. The number of hydrogen-bond acceptors (Lipinski definition) is 5.